The van der Waals surface area contributed by atoms with E-state index in [4.69, 9.17) is 4.74 Å². The maximum Gasteiger partial charge on any atom is 0.271 e. The van der Waals surface area contributed by atoms with Crippen LogP contribution in [0.3, 0.4) is 0 Å². The second-order valence-electron chi connectivity index (χ2n) is 4.33. The molecule has 114 valence electrons. The Hall–Kier alpha value is -3.22. The van der Waals surface area contributed by atoms with Crippen LogP contribution in [0.15, 0.2) is 41.5 Å². The van der Waals surface area contributed by atoms with Crippen molar-refractivity contribution in [3.8, 4) is 23.0 Å². The summed E-state index contributed by atoms with van der Waals surface area (Å²) >= 11 is 0. The average Bonchev–Trinajstić information content (AvgIpc) is 2.51. The topological polar surface area (TPSA) is 111 Å². The van der Waals surface area contributed by atoms with Crippen LogP contribution in [0.25, 0.3) is 0 Å². The van der Waals surface area contributed by atoms with Crippen LogP contribution in [0.1, 0.15) is 15.9 Å². The first-order valence-electron chi connectivity index (χ1n) is 6.23. The van der Waals surface area contributed by atoms with Crippen LogP contribution in [-0.2, 0) is 0 Å². The highest BCUT2D eigenvalue weighted by Gasteiger charge is 2.08. The van der Waals surface area contributed by atoms with E-state index in [-0.39, 0.29) is 28.6 Å². The van der Waals surface area contributed by atoms with Gasteiger partial charge >= 0.3 is 0 Å². The summed E-state index contributed by atoms with van der Waals surface area (Å²) in [7, 11) is 1.38. The molecule has 0 aliphatic carbocycles. The van der Waals surface area contributed by atoms with Crippen LogP contribution in [-0.4, -0.2) is 34.6 Å². The number of carbonyl (C=O) groups is 1. The molecule has 0 saturated carbocycles. The number of hydrogen-bond acceptors (Lipinski definition) is 6. The van der Waals surface area contributed by atoms with Crippen molar-refractivity contribution in [1.29, 1.82) is 0 Å². The van der Waals surface area contributed by atoms with Crippen LogP contribution in [0.5, 0.6) is 23.0 Å². The highest BCUT2D eigenvalue weighted by atomic mass is 16.5. The van der Waals surface area contributed by atoms with Gasteiger partial charge < -0.3 is 20.1 Å². The fraction of sp³-hybridized carbons (Fsp3) is 0.0667. The third-order valence-corrected chi connectivity index (χ3v) is 2.82. The summed E-state index contributed by atoms with van der Waals surface area (Å²) in [5, 5.41) is 31.7. The minimum atomic E-state index is -0.488. The summed E-state index contributed by atoms with van der Waals surface area (Å²) in [4.78, 5) is 11.9. The minimum Gasteiger partial charge on any atom is -0.504 e. The highest BCUT2D eigenvalue weighted by Crippen LogP contribution is 2.26. The molecule has 0 fully saturated rings. The van der Waals surface area contributed by atoms with Crippen molar-refractivity contribution in [2.24, 2.45) is 5.10 Å². The SMILES string of the molecule is COc1cc(C(=O)N/N=C/c2ccc(O)c(O)c2)ccc1O. The molecular formula is C15H14N2O5. The lowest BCUT2D eigenvalue weighted by Gasteiger charge is -2.05. The van der Waals surface area contributed by atoms with Crippen LogP contribution in [0.4, 0.5) is 0 Å². The third-order valence-electron chi connectivity index (χ3n) is 2.82. The molecule has 7 nitrogen and oxygen atoms in total. The van der Waals surface area contributed by atoms with E-state index < -0.39 is 5.91 Å². The van der Waals surface area contributed by atoms with Gasteiger partial charge in [0.25, 0.3) is 5.91 Å². The van der Waals surface area contributed by atoms with Gasteiger partial charge in [-0.3, -0.25) is 4.79 Å². The molecule has 2 aromatic rings. The molecule has 0 radical (unpaired) electrons. The smallest absolute Gasteiger partial charge is 0.271 e. The molecule has 0 heterocycles. The van der Waals surface area contributed by atoms with Crippen molar-refractivity contribution in [2.75, 3.05) is 7.11 Å². The number of nitrogens with one attached hydrogen (secondary N) is 1. The molecule has 0 unspecified atom stereocenters. The van der Waals surface area contributed by atoms with E-state index in [1.165, 1.54) is 49.7 Å². The quantitative estimate of drug-likeness (QED) is 0.389. The molecule has 0 aliphatic rings. The zero-order valence-corrected chi connectivity index (χ0v) is 11.6. The van der Waals surface area contributed by atoms with Crippen LogP contribution in [0, 0.1) is 0 Å². The third kappa shape index (κ3) is 3.45. The molecule has 0 atom stereocenters. The Morgan fingerprint density at radius 3 is 2.50 bits per heavy atom. The zero-order valence-electron chi connectivity index (χ0n) is 11.6. The first kappa shape index (κ1) is 15.2. The number of methoxy groups -OCH3 is 1. The fourth-order valence-corrected chi connectivity index (χ4v) is 1.67. The lowest BCUT2D eigenvalue weighted by Crippen LogP contribution is -2.17. The van der Waals surface area contributed by atoms with Gasteiger partial charge in [-0.05, 0) is 42.0 Å². The van der Waals surface area contributed by atoms with Gasteiger partial charge in [0.1, 0.15) is 0 Å². The van der Waals surface area contributed by atoms with Crippen molar-refractivity contribution in [1.82, 2.24) is 5.43 Å². The molecule has 2 rings (SSSR count). The first-order chi connectivity index (χ1) is 10.5. The van der Waals surface area contributed by atoms with Crippen molar-refractivity contribution >= 4 is 12.1 Å². The molecule has 4 N–H and O–H groups in total. The van der Waals surface area contributed by atoms with Gasteiger partial charge in [-0.1, -0.05) is 0 Å². The molecule has 7 heteroatoms. The van der Waals surface area contributed by atoms with Crippen molar-refractivity contribution in [3.05, 3.63) is 47.5 Å². The summed E-state index contributed by atoms with van der Waals surface area (Å²) in [6, 6.07) is 8.28. The lowest BCUT2D eigenvalue weighted by atomic mass is 10.2. The number of carbonyl (C=O) groups excluding carboxylic acids is 1. The molecule has 1 amide bonds. The van der Waals surface area contributed by atoms with E-state index in [1.807, 2.05) is 0 Å². The van der Waals surface area contributed by atoms with E-state index in [1.54, 1.807) is 0 Å². The van der Waals surface area contributed by atoms with Gasteiger partial charge in [0, 0.05) is 5.56 Å². The van der Waals surface area contributed by atoms with Crippen LogP contribution in [0.2, 0.25) is 0 Å². The maximum absolute atomic E-state index is 11.9. The molecule has 2 aromatic carbocycles. The number of rotatable bonds is 4. The van der Waals surface area contributed by atoms with Crippen molar-refractivity contribution in [3.63, 3.8) is 0 Å². The van der Waals surface area contributed by atoms with Gasteiger partial charge in [-0.25, -0.2) is 5.43 Å². The van der Waals surface area contributed by atoms with Gasteiger partial charge in [0.2, 0.25) is 0 Å². The molecule has 0 bridgehead atoms. The van der Waals surface area contributed by atoms with E-state index >= 15 is 0 Å². The second-order valence-corrected chi connectivity index (χ2v) is 4.33. The molecule has 0 aliphatic heterocycles. The Balaban J connectivity index is 2.06. The Bertz CT molecular complexity index is 728. The number of aromatic hydroxyl groups is 3. The van der Waals surface area contributed by atoms with Gasteiger partial charge in [-0.15, -0.1) is 0 Å². The van der Waals surface area contributed by atoms with Crippen molar-refractivity contribution in [2.45, 2.75) is 0 Å². The largest absolute Gasteiger partial charge is 0.504 e. The van der Waals surface area contributed by atoms with E-state index in [0.717, 1.165) is 0 Å². The lowest BCUT2D eigenvalue weighted by molar-refractivity contribution is 0.0954. The number of phenolic OH excluding ortho intramolecular Hbond substituents is 3. The molecule has 0 aromatic heterocycles. The average molecular weight is 302 g/mol. The Morgan fingerprint density at radius 1 is 1.09 bits per heavy atom. The Kier molecular flexibility index (Phi) is 4.47. The standard InChI is InChI=1S/C15H14N2O5/c1-22-14-7-10(3-5-12(14)19)15(21)17-16-8-9-2-4-11(18)13(20)6-9/h2-8,18-20H,1H3,(H,17,21)/b16-8+. The molecule has 0 saturated heterocycles. The zero-order chi connectivity index (χ0) is 16.1. The summed E-state index contributed by atoms with van der Waals surface area (Å²) in [5.41, 5.74) is 3.06. The molecule has 22 heavy (non-hydrogen) atoms. The normalized spacial score (nSPS) is 10.6. The predicted molar refractivity (Wildman–Crippen MR) is 79.5 cm³/mol. The minimum absolute atomic E-state index is 0.0675. The fourth-order valence-electron chi connectivity index (χ4n) is 1.67. The van der Waals surface area contributed by atoms with Crippen molar-refractivity contribution < 1.29 is 24.9 Å². The first-order valence-corrected chi connectivity index (χ1v) is 6.23. The van der Waals surface area contributed by atoms with Gasteiger partial charge in [0.15, 0.2) is 23.0 Å². The van der Waals surface area contributed by atoms with Gasteiger partial charge in [0.05, 0.1) is 13.3 Å². The number of ether oxygens (including phenoxy) is 1. The van der Waals surface area contributed by atoms with Gasteiger partial charge in [-0.2, -0.15) is 5.10 Å². The number of phenols is 3. The number of benzene rings is 2. The van der Waals surface area contributed by atoms with E-state index in [0.29, 0.717) is 5.56 Å². The molecular weight excluding hydrogens is 288 g/mol. The summed E-state index contributed by atoms with van der Waals surface area (Å²) < 4.78 is 4.91. The number of hydrogen-bond donors (Lipinski definition) is 4. The summed E-state index contributed by atoms with van der Waals surface area (Å²) in [5.74, 6) is -0.893. The summed E-state index contributed by atoms with van der Waals surface area (Å²) in [6.07, 6.45) is 1.31. The summed E-state index contributed by atoms with van der Waals surface area (Å²) in [6.45, 7) is 0. The second kappa shape index (κ2) is 6.49. The Labute approximate surface area is 126 Å². The van der Waals surface area contributed by atoms with Crippen LogP contribution >= 0.6 is 0 Å². The molecule has 0 spiro atoms. The predicted octanol–water partition coefficient (Wildman–Crippen LogP) is 1.58. The number of nitrogens with zero attached hydrogens (tertiary/aromatic N) is 1. The number of amides is 1. The Morgan fingerprint density at radius 2 is 1.82 bits per heavy atom. The highest BCUT2D eigenvalue weighted by molar-refractivity contribution is 5.95. The van der Waals surface area contributed by atoms with E-state index in [9.17, 15) is 20.1 Å². The number of hydrazone groups is 1. The maximum atomic E-state index is 11.9. The van der Waals surface area contributed by atoms with E-state index in [2.05, 4.69) is 10.5 Å². The van der Waals surface area contributed by atoms with Crippen LogP contribution < -0.4 is 10.2 Å². The monoisotopic (exact) mass is 302 g/mol.